The number of hydrogen-bond acceptors (Lipinski definition) is 6. The lowest BCUT2D eigenvalue weighted by Crippen LogP contribution is -2.55. The second-order valence-corrected chi connectivity index (χ2v) is 13.4. The van der Waals surface area contributed by atoms with Gasteiger partial charge >= 0.3 is 10.1 Å². The lowest BCUT2D eigenvalue weighted by molar-refractivity contribution is 0.0308. The molecule has 4 aliphatic carbocycles. The van der Waals surface area contributed by atoms with Crippen molar-refractivity contribution in [2.24, 2.45) is 17.8 Å². The molecule has 4 aliphatic rings. The molecule has 10 heteroatoms. The molecule has 0 unspecified atom stereocenters. The van der Waals surface area contributed by atoms with E-state index in [0.29, 0.717) is 37.0 Å². The first-order chi connectivity index (χ1) is 12.0. The lowest BCUT2D eigenvalue weighted by atomic mass is 9.56. The van der Waals surface area contributed by atoms with E-state index in [0.717, 1.165) is 19.3 Å². The van der Waals surface area contributed by atoms with Crippen LogP contribution in [0.5, 0.6) is 5.75 Å². The summed E-state index contributed by atoms with van der Waals surface area (Å²) in [7, 11) is -8.48. The Labute approximate surface area is 180 Å². The molecule has 1 aromatic carbocycles. The lowest BCUT2D eigenvalue weighted by Gasteiger charge is -2.55. The minimum absolute atomic E-state index is 0.0712. The third kappa shape index (κ3) is 3.30. The van der Waals surface area contributed by atoms with Crippen LogP contribution in [0.15, 0.2) is 17.0 Å². The second-order valence-electron chi connectivity index (χ2n) is 7.81. The van der Waals surface area contributed by atoms with E-state index in [2.05, 4.69) is 0 Å². The number of hydrogen-bond donors (Lipinski definition) is 0. The van der Waals surface area contributed by atoms with Crippen molar-refractivity contribution in [2.75, 3.05) is 0 Å². The molecule has 4 saturated carbocycles. The van der Waals surface area contributed by atoms with Crippen LogP contribution < -0.4 is 4.18 Å². The smallest absolute Gasteiger partial charge is 0.315 e. The Kier molecular flexibility index (Phi) is 4.85. The summed E-state index contributed by atoms with van der Waals surface area (Å²) in [5, 5.41) is 0. The first kappa shape index (κ1) is 19.6. The molecule has 0 atom stereocenters. The first-order valence-corrected chi connectivity index (χ1v) is 13.4. The monoisotopic (exact) mass is 623 g/mol. The van der Waals surface area contributed by atoms with Crippen LogP contribution >= 0.6 is 45.2 Å². The molecule has 5 rings (SSSR count). The maximum Gasteiger partial charge on any atom is 0.315 e. The Morgan fingerprint density at radius 3 is 1.73 bits per heavy atom. The van der Waals surface area contributed by atoms with Crippen LogP contribution in [0, 0.1) is 24.9 Å². The highest BCUT2D eigenvalue weighted by molar-refractivity contribution is 14.1. The Balaban J connectivity index is 1.67. The summed E-state index contributed by atoms with van der Waals surface area (Å²) in [6.45, 7) is 0. The highest BCUT2D eigenvalue weighted by Crippen LogP contribution is 2.58. The minimum atomic E-state index is -4.63. The van der Waals surface area contributed by atoms with Crippen LogP contribution in [0.4, 0.5) is 0 Å². The van der Waals surface area contributed by atoms with Crippen molar-refractivity contribution in [1.82, 2.24) is 0 Å². The Hall–Kier alpha value is 0.340. The summed E-state index contributed by atoms with van der Waals surface area (Å²) < 4.78 is 65.4. The van der Waals surface area contributed by atoms with Crippen molar-refractivity contribution in [1.29, 1.82) is 0 Å². The number of halogens is 2. The third-order valence-corrected chi connectivity index (χ3v) is 11.3. The zero-order valence-electron chi connectivity index (χ0n) is 13.7. The fraction of sp³-hybridized carbons (Fsp3) is 0.625. The third-order valence-electron chi connectivity index (χ3n) is 5.94. The average molecular weight is 623 g/mol. The molecule has 4 bridgehead atoms. The molecule has 0 N–H and O–H groups in total. The number of benzene rings is 1. The van der Waals surface area contributed by atoms with Gasteiger partial charge in [0.05, 0.1) is 4.90 Å². The Bertz CT molecular complexity index is 912. The van der Waals surface area contributed by atoms with Gasteiger partial charge in [-0.15, -0.1) is 0 Å². The van der Waals surface area contributed by atoms with Gasteiger partial charge in [-0.05, 0) is 114 Å². The van der Waals surface area contributed by atoms with Gasteiger partial charge in [0.1, 0.15) is 20.6 Å². The quantitative estimate of drug-likeness (QED) is 0.290. The van der Waals surface area contributed by atoms with E-state index < -0.39 is 25.0 Å². The molecule has 0 aromatic heterocycles. The largest absolute Gasteiger partial charge is 0.744 e. The molecular weight excluding hydrogens is 606 g/mol. The maximum atomic E-state index is 13.2. The predicted molar refractivity (Wildman–Crippen MR) is 110 cm³/mol. The molecule has 0 amide bonds. The molecule has 6 nitrogen and oxygen atoms in total. The summed E-state index contributed by atoms with van der Waals surface area (Å²) in [5.41, 5.74) is 0. The summed E-state index contributed by atoms with van der Waals surface area (Å²) >= 11 is 3.44. The van der Waals surface area contributed by atoms with Gasteiger partial charge in [0.15, 0.2) is 0 Å². The van der Waals surface area contributed by atoms with Gasteiger partial charge in [0, 0.05) is 7.14 Å². The van der Waals surface area contributed by atoms with Crippen LogP contribution in [-0.4, -0.2) is 26.1 Å². The van der Waals surface area contributed by atoms with Crippen LogP contribution in [0.3, 0.4) is 0 Å². The Morgan fingerprint density at radius 2 is 1.35 bits per heavy atom. The fourth-order valence-corrected chi connectivity index (χ4v) is 11.1. The molecule has 0 spiro atoms. The van der Waals surface area contributed by atoms with Gasteiger partial charge in [-0.2, -0.15) is 8.42 Å². The van der Waals surface area contributed by atoms with Gasteiger partial charge in [-0.25, -0.2) is 8.42 Å². The van der Waals surface area contributed by atoms with Crippen molar-refractivity contribution in [3.8, 4) is 5.75 Å². The molecule has 26 heavy (non-hydrogen) atoms. The van der Waals surface area contributed by atoms with Crippen molar-refractivity contribution >= 4 is 65.4 Å². The molecule has 144 valence electrons. The summed E-state index contributed by atoms with van der Waals surface area (Å²) in [5.74, 6) is 1.47. The molecule has 4 fully saturated rings. The predicted octanol–water partition coefficient (Wildman–Crippen LogP) is 3.48. The summed E-state index contributed by atoms with van der Waals surface area (Å²) in [6.07, 6.45) is 5.34. The normalized spacial score (nSPS) is 33.4. The van der Waals surface area contributed by atoms with Crippen LogP contribution in [0.2, 0.25) is 0 Å². The van der Waals surface area contributed by atoms with E-state index in [4.69, 9.17) is 4.18 Å². The van der Waals surface area contributed by atoms with Crippen LogP contribution in [0.25, 0.3) is 0 Å². The number of rotatable bonds is 4. The molecule has 0 heterocycles. The van der Waals surface area contributed by atoms with Crippen LogP contribution in [-0.2, 0) is 20.2 Å². The van der Waals surface area contributed by atoms with E-state index in [-0.39, 0.29) is 17.8 Å². The molecule has 1 aromatic rings. The first-order valence-electron chi connectivity index (χ1n) is 8.38. The van der Waals surface area contributed by atoms with Gasteiger partial charge in [-0.3, -0.25) is 0 Å². The highest BCUT2D eigenvalue weighted by atomic mass is 127. The minimum Gasteiger partial charge on any atom is -0.744 e. The zero-order chi connectivity index (χ0) is 18.9. The van der Waals surface area contributed by atoms with Gasteiger partial charge in [0.2, 0.25) is 0 Å². The summed E-state index contributed by atoms with van der Waals surface area (Å²) in [4.78, 5) is -0.335. The van der Waals surface area contributed by atoms with Crippen molar-refractivity contribution < 1.29 is 25.6 Å². The molecular formula is C16H17I2O6S2-. The van der Waals surface area contributed by atoms with Gasteiger partial charge in [0.25, 0.3) is 0 Å². The van der Waals surface area contributed by atoms with Crippen molar-refractivity contribution in [3.63, 3.8) is 0 Å². The Morgan fingerprint density at radius 1 is 0.923 bits per heavy atom. The van der Waals surface area contributed by atoms with E-state index in [1.807, 2.05) is 0 Å². The van der Waals surface area contributed by atoms with Crippen LogP contribution in [0.1, 0.15) is 38.5 Å². The molecule has 0 radical (unpaired) electrons. The van der Waals surface area contributed by atoms with E-state index >= 15 is 0 Å². The van der Waals surface area contributed by atoms with Gasteiger partial charge < -0.3 is 8.74 Å². The van der Waals surface area contributed by atoms with E-state index in [1.54, 1.807) is 45.2 Å². The molecule has 0 saturated heterocycles. The fourth-order valence-electron chi connectivity index (χ4n) is 5.38. The van der Waals surface area contributed by atoms with Gasteiger partial charge in [-0.1, -0.05) is 0 Å². The van der Waals surface area contributed by atoms with E-state index in [1.165, 1.54) is 12.1 Å². The SMILES string of the molecule is O=S(=O)([O-])c1c(I)cc(OS(=O)(=O)C23CC4CC(CC(C4)C2)C3)cc1I. The maximum absolute atomic E-state index is 13.2. The zero-order valence-corrected chi connectivity index (χ0v) is 19.6. The standard InChI is InChI=1S/C16H18I2O6S2/c17-13-4-12(5-14(18)15(13)25(19,20)21)24-26(22,23)16-6-9-1-10(7-16)3-11(2-9)8-16/h4-5,9-11H,1-3,6-8H2,(H,19,20,21)/p-1. The summed E-state index contributed by atoms with van der Waals surface area (Å²) in [6, 6.07) is 2.62. The van der Waals surface area contributed by atoms with Crippen molar-refractivity contribution in [3.05, 3.63) is 19.3 Å². The van der Waals surface area contributed by atoms with E-state index in [9.17, 15) is 21.4 Å². The molecule has 0 aliphatic heterocycles. The average Bonchev–Trinajstić information content (AvgIpc) is 2.42. The second kappa shape index (κ2) is 6.42. The van der Waals surface area contributed by atoms with Crippen molar-refractivity contribution in [2.45, 2.75) is 48.2 Å². The highest BCUT2D eigenvalue weighted by Gasteiger charge is 2.58. The topological polar surface area (TPSA) is 101 Å².